The summed E-state index contributed by atoms with van der Waals surface area (Å²) in [5, 5.41) is 11.8. The number of rotatable bonds is 5. The van der Waals surface area contributed by atoms with E-state index in [1.54, 1.807) is 0 Å². The number of ether oxygens (including phenoxy) is 1. The molecule has 1 aliphatic carbocycles. The van der Waals surface area contributed by atoms with Gasteiger partial charge in [0, 0.05) is 5.02 Å². The van der Waals surface area contributed by atoms with Gasteiger partial charge in [0.1, 0.15) is 12.6 Å². The van der Waals surface area contributed by atoms with Crippen molar-refractivity contribution in [1.29, 1.82) is 5.26 Å². The number of fused-ring (bicyclic) bond motifs is 1. The maximum atomic E-state index is 12.3. The fourth-order valence-corrected chi connectivity index (χ4v) is 3.42. The standard InChI is InChI=1S/C19H16ClN3O5/c20-12-6-5-11(8-21)15(7-12)22-16(24)10-28-17(25)9-23-18(26)13-3-1-2-4-14(13)19(23)27/h1-2,5-7,13-14H,3-4,9-10H2,(H,22,24)/t13-,14-/m0/s1. The number of nitrogens with zero attached hydrogens (tertiary/aromatic N) is 2. The molecule has 9 heteroatoms. The first kappa shape index (κ1) is 19.6. The van der Waals surface area contributed by atoms with Crippen molar-refractivity contribution in [2.75, 3.05) is 18.5 Å². The number of carbonyl (C=O) groups is 4. The molecule has 2 aliphatic rings. The number of allylic oxidation sites excluding steroid dienone is 2. The third kappa shape index (κ3) is 4.05. The van der Waals surface area contributed by atoms with Crippen LogP contribution in [0.25, 0.3) is 0 Å². The summed E-state index contributed by atoms with van der Waals surface area (Å²) in [5.74, 6) is -3.18. The van der Waals surface area contributed by atoms with Crippen molar-refractivity contribution in [3.63, 3.8) is 0 Å². The van der Waals surface area contributed by atoms with Crippen molar-refractivity contribution >= 4 is 41.0 Å². The molecule has 0 radical (unpaired) electrons. The number of amides is 3. The first-order valence-corrected chi connectivity index (χ1v) is 8.94. The molecule has 0 bridgehead atoms. The molecule has 1 saturated heterocycles. The van der Waals surface area contributed by atoms with Crippen LogP contribution >= 0.6 is 11.6 Å². The second-order valence-electron chi connectivity index (χ2n) is 6.43. The maximum Gasteiger partial charge on any atom is 0.326 e. The highest BCUT2D eigenvalue weighted by Gasteiger charge is 2.47. The number of nitriles is 1. The van der Waals surface area contributed by atoms with Crippen molar-refractivity contribution in [2.45, 2.75) is 12.8 Å². The van der Waals surface area contributed by atoms with E-state index in [-0.39, 0.29) is 11.3 Å². The molecular weight excluding hydrogens is 386 g/mol. The largest absolute Gasteiger partial charge is 0.454 e. The SMILES string of the molecule is N#Cc1ccc(Cl)cc1NC(=O)COC(=O)CN1C(=O)[C@H]2CC=CC[C@@H]2C1=O. The van der Waals surface area contributed by atoms with Gasteiger partial charge in [-0.05, 0) is 31.0 Å². The molecule has 1 aromatic rings. The zero-order chi connectivity index (χ0) is 20.3. The monoisotopic (exact) mass is 401 g/mol. The van der Waals surface area contributed by atoms with Gasteiger partial charge < -0.3 is 10.1 Å². The van der Waals surface area contributed by atoms with Gasteiger partial charge in [0.2, 0.25) is 11.8 Å². The fraction of sp³-hybridized carbons (Fsp3) is 0.316. The minimum Gasteiger partial charge on any atom is -0.454 e. The van der Waals surface area contributed by atoms with Crippen molar-refractivity contribution in [1.82, 2.24) is 4.90 Å². The van der Waals surface area contributed by atoms with Gasteiger partial charge in [0.15, 0.2) is 6.61 Å². The van der Waals surface area contributed by atoms with E-state index >= 15 is 0 Å². The van der Waals surface area contributed by atoms with Gasteiger partial charge >= 0.3 is 5.97 Å². The second-order valence-corrected chi connectivity index (χ2v) is 6.87. The minimum absolute atomic E-state index is 0.192. The van der Waals surface area contributed by atoms with E-state index in [9.17, 15) is 19.2 Å². The molecule has 28 heavy (non-hydrogen) atoms. The smallest absolute Gasteiger partial charge is 0.326 e. The van der Waals surface area contributed by atoms with Crippen molar-refractivity contribution < 1.29 is 23.9 Å². The summed E-state index contributed by atoms with van der Waals surface area (Å²) in [7, 11) is 0. The number of esters is 1. The van der Waals surface area contributed by atoms with E-state index in [2.05, 4.69) is 5.32 Å². The van der Waals surface area contributed by atoms with Crippen LogP contribution in [0.3, 0.4) is 0 Å². The van der Waals surface area contributed by atoms with E-state index in [0.29, 0.717) is 17.9 Å². The summed E-state index contributed by atoms with van der Waals surface area (Å²) < 4.78 is 4.86. The Morgan fingerprint density at radius 1 is 1.21 bits per heavy atom. The predicted molar refractivity (Wildman–Crippen MR) is 97.8 cm³/mol. The van der Waals surface area contributed by atoms with Gasteiger partial charge in [0.05, 0.1) is 23.1 Å². The lowest BCUT2D eigenvalue weighted by Crippen LogP contribution is -2.37. The first-order valence-electron chi connectivity index (χ1n) is 8.56. The minimum atomic E-state index is -0.866. The molecule has 8 nitrogen and oxygen atoms in total. The van der Waals surface area contributed by atoms with Crippen LogP contribution in [0, 0.1) is 23.2 Å². The van der Waals surface area contributed by atoms with Crippen LogP contribution in [0.1, 0.15) is 18.4 Å². The lowest BCUT2D eigenvalue weighted by molar-refractivity contribution is -0.154. The Labute approximate surface area is 165 Å². The second kappa shape index (κ2) is 8.23. The van der Waals surface area contributed by atoms with Gasteiger partial charge in [-0.2, -0.15) is 5.26 Å². The van der Waals surface area contributed by atoms with Gasteiger partial charge in [0.25, 0.3) is 5.91 Å². The highest BCUT2D eigenvalue weighted by molar-refractivity contribution is 6.31. The topological polar surface area (TPSA) is 117 Å². The van der Waals surface area contributed by atoms with E-state index in [1.165, 1.54) is 18.2 Å². The molecule has 0 aromatic heterocycles. The van der Waals surface area contributed by atoms with Crippen molar-refractivity contribution in [3.8, 4) is 6.07 Å². The summed E-state index contributed by atoms with van der Waals surface area (Å²) in [6.07, 6.45) is 4.65. The number of anilines is 1. The Morgan fingerprint density at radius 3 is 2.46 bits per heavy atom. The summed E-state index contributed by atoms with van der Waals surface area (Å²) in [6.45, 7) is -1.15. The normalized spacial score (nSPS) is 20.5. The van der Waals surface area contributed by atoms with Crippen LogP contribution in [0.2, 0.25) is 5.02 Å². The Bertz CT molecular complexity index is 895. The number of benzene rings is 1. The quantitative estimate of drug-likeness (QED) is 0.455. The summed E-state index contributed by atoms with van der Waals surface area (Å²) in [4.78, 5) is 49.5. The van der Waals surface area contributed by atoms with Crippen LogP contribution in [0.4, 0.5) is 5.69 Å². The number of hydrogen-bond acceptors (Lipinski definition) is 6. The number of hydrogen-bond donors (Lipinski definition) is 1. The Morgan fingerprint density at radius 2 is 1.86 bits per heavy atom. The number of likely N-dealkylation sites (tertiary alicyclic amines) is 1. The molecule has 1 fully saturated rings. The lowest BCUT2D eigenvalue weighted by Gasteiger charge is -2.14. The molecule has 3 rings (SSSR count). The van der Waals surface area contributed by atoms with Gasteiger partial charge in [-0.15, -0.1) is 0 Å². The molecular formula is C19H16ClN3O5. The Hall–Kier alpha value is -3.18. The molecule has 144 valence electrons. The van der Waals surface area contributed by atoms with E-state index in [4.69, 9.17) is 21.6 Å². The predicted octanol–water partition coefficient (Wildman–Crippen LogP) is 1.64. The van der Waals surface area contributed by atoms with Crippen LogP contribution in [-0.2, 0) is 23.9 Å². The van der Waals surface area contributed by atoms with Gasteiger partial charge in [-0.3, -0.25) is 24.1 Å². The van der Waals surface area contributed by atoms with E-state index in [1.807, 2.05) is 18.2 Å². The number of imide groups is 1. The van der Waals surface area contributed by atoms with Crippen molar-refractivity contribution in [3.05, 3.63) is 40.9 Å². The number of halogens is 1. The van der Waals surface area contributed by atoms with E-state index in [0.717, 1.165) is 4.90 Å². The number of carbonyl (C=O) groups excluding carboxylic acids is 4. The molecule has 0 spiro atoms. The molecule has 1 N–H and O–H groups in total. The average molecular weight is 402 g/mol. The molecule has 0 saturated carbocycles. The highest BCUT2D eigenvalue weighted by Crippen LogP contribution is 2.34. The van der Waals surface area contributed by atoms with Gasteiger partial charge in [-0.25, -0.2) is 0 Å². The summed E-state index contributed by atoms with van der Waals surface area (Å²) in [6, 6.07) is 6.26. The molecule has 1 aliphatic heterocycles. The third-order valence-electron chi connectivity index (χ3n) is 4.63. The first-order chi connectivity index (χ1) is 13.4. The molecule has 0 unspecified atom stereocenters. The number of nitrogens with one attached hydrogen (secondary N) is 1. The fourth-order valence-electron chi connectivity index (χ4n) is 3.25. The van der Waals surface area contributed by atoms with Crippen LogP contribution in [0.15, 0.2) is 30.4 Å². The van der Waals surface area contributed by atoms with E-state index < -0.39 is 48.7 Å². The zero-order valence-electron chi connectivity index (χ0n) is 14.7. The lowest BCUT2D eigenvalue weighted by atomic mass is 9.85. The average Bonchev–Trinajstić information content (AvgIpc) is 2.92. The molecule has 1 aromatic carbocycles. The van der Waals surface area contributed by atoms with Crippen molar-refractivity contribution in [2.24, 2.45) is 11.8 Å². The Balaban J connectivity index is 1.53. The molecule has 3 amide bonds. The van der Waals surface area contributed by atoms with Gasteiger partial charge in [-0.1, -0.05) is 23.8 Å². The summed E-state index contributed by atoms with van der Waals surface area (Å²) >= 11 is 5.84. The maximum absolute atomic E-state index is 12.3. The van der Waals surface area contributed by atoms with Crippen LogP contribution in [0.5, 0.6) is 0 Å². The van der Waals surface area contributed by atoms with Crippen LogP contribution < -0.4 is 5.32 Å². The molecule has 2 atom stereocenters. The summed E-state index contributed by atoms with van der Waals surface area (Å²) in [5.41, 5.74) is 0.395. The zero-order valence-corrected chi connectivity index (χ0v) is 15.4. The third-order valence-corrected chi connectivity index (χ3v) is 4.86. The van der Waals surface area contributed by atoms with Crippen LogP contribution in [-0.4, -0.2) is 41.7 Å². The molecule has 1 heterocycles. The highest BCUT2D eigenvalue weighted by atomic mass is 35.5. The Kier molecular flexibility index (Phi) is 5.76.